The third-order valence-electron chi connectivity index (χ3n) is 3.90. The van der Waals surface area contributed by atoms with Gasteiger partial charge in [-0.3, -0.25) is 5.10 Å². The molecule has 1 N–H and O–H groups in total. The maximum Gasteiger partial charge on any atom is 0.184 e. The van der Waals surface area contributed by atoms with Gasteiger partial charge in [0.05, 0.1) is 5.56 Å². The number of aromatic amines is 1. The van der Waals surface area contributed by atoms with Crippen LogP contribution >= 0.6 is 0 Å². The molecule has 23 heavy (non-hydrogen) atoms. The lowest BCUT2D eigenvalue weighted by molar-refractivity contribution is 0.304. The number of benzene rings is 2. The van der Waals surface area contributed by atoms with Gasteiger partial charge in [0.25, 0.3) is 0 Å². The van der Waals surface area contributed by atoms with E-state index in [1.807, 2.05) is 30.3 Å². The highest BCUT2D eigenvalue weighted by Crippen LogP contribution is 2.38. The van der Waals surface area contributed by atoms with Crippen molar-refractivity contribution in [2.24, 2.45) is 0 Å². The normalized spacial score (nSPS) is 14.0. The Bertz CT molecular complexity index is 812. The van der Waals surface area contributed by atoms with Crippen LogP contribution in [0.25, 0.3) is 11.4 Å². The molecule has 1 aromatic heterocycles. The van der Waals surface area contributed by atoms with Crippen molar-refractivity contribution < 1.29 is 9.13 Å². The van der Waals surface area contributed by atoms with Gasteiger partial charge in [0.2, 0.25) is 0 Å². The van der Waals surface area contributed by atoms with Gasteiger partial charge in [-0.05, 0) is 30.5 Å². The maximum absolute atomic E-state index is 14.3. The summed E-state index contributed by atoms with van der Waals surface area (Å²) in [4.78, 5) is 4.38. The van der Waals surface area contributed by atoms with Gasteiger partial charge in [-0.15, -0.1) is 0 Å². The van der Waals surface area contributed by atoms with Crippen molar-refractivity contribution in [3.05, 3.63) is 65.7 Å². The maximum atomic E-state index is 14.3. The molecule has 2 aromatic carbocycles. The third kappa shape index (κ3) is 3.08. The number of nitrogens with zero attached hydrogens (tertiary/aromatic N) is 2. The average molecular weight is 309 g/mol. The number of hydrogen-bond donors (Lipinski definition) is 1. The lowest BCUT2D eigenvalue weighted by Crippen LogP contribution is -1.96. The fraction of sp³-hybridized carbons (Fsp3) is 0.222. The molecule has 0 radical (unpaired) electrons. The Kier molecular flexibility index (Phi) is 3.54. The second-order valence-electron chi connectivity index (χ2n) is 5.73. The minimum Gasteiger partial charge on any atom is -0.489 e. The Morgan fingerprint density at radius 1 is 1.13 bits per heavy atom. The first-order chi connectivity index (χ1) is 11.3. The predicted octanol–water partition coefficient (Wildman–Crippen LogP) is 4.07. The summed E-state index contributed by atoms with van der Waals surface area (Å²) < 4.78 is 19.9. The van der Waals surface area contributed by atoms with Crippen molar-refractivity contribution in [3.63, 3.8) is 0 Å². The standard InChI is InChI=1S/C18H16FN3O/c19-16-10-14(23-11-12-4-2-1-3-5-12)8-9-15(16)18-20-17(21-22-18)13-6-7-13/h1-5,8-10,13H,6-7,11H2,(H,20,21,22). The van der Waals surface area contributed by atoms with Crippen LogP contribution in [0.3, 0.4) is 0 Å². The molecule has 4 nitrogen and oxygen atoms in total. The van der Waals surface area contributed by atoms with Gasteiger partial charge in [-0.1, -0.05) is 30.3 Å². The second-order valence-corrected chi connectivity index (χ2v) is 5.73. The smallest absolute Gasteiger partial charge is 0.184 e. The van der Waals surface area contributed by atoms with Crippen molar-refractivity contribution in [1.82, 2.24) is 15.2 Å². The Balaban J connectivity index is 1.49. The van der Waals surface area contributed by atoms with Crippen LogP contribution in [0.1, 0.15) is 30.1 Å². The van der Waals surface area contributed by atoms with E-state index in [9.17, 15) is 4.39 Å². The molecule has 1 heterocycles. The van der Waals surface area contributed by atoms with Gasteiger partial charge in [0.15, 0.2) is 5.82 Å². The molecular weight excluding hydrogens is 293 g/mol. The fourth-order valence-corrected chi connectivity index (χ4v) is 2.44. The number of H-pyrrole nitrogens is 1. The number of nitrogens with one attached hydrogen (secondary N) is 1. The molecule has 5 heteroatoms. The van der Waals surface area contributed by atoms with Crippen LogP contribution in [0.4, 0.5) is 4.39 Å². The summed E-state index contributed by atoms with van der Waals surface area (Å²) in [7, 11) is 0. The Morgan fingerprint density at radius 2 is 1.96 bits per heavy atom. The molecule has 4 rings (SSSR count). The average Bonchev–Trinajstić information content (AvgIpc) is 3.32. The lowest BCUT2D eigenvalue weighted by Gasteiger charge is -2.07. The summed E-state index contributed by atoms with van der Waals surface area (Å²) >= 11 is 0. The molecule has 1 saturated carbocycles. The summed E-state index contributed by atoms with van der Waals surface area (Å²) in [6.45, 7) is 0.409. The zero-order chi connectivity index (χ0) is 15.6. The molecule has 0 spiro atoms. The zero-order valence-corrected chi connectivity index (χ0v) is 12.5. The topological polar surface area (TPSA) is 50.8 Å². The molecule has 3 aromatic rings. The van der Waals surface area contributed by atoms with Gasteiger partial charge in [0, 0.05) is 12.0 Å². The van der Waals surface area contributed by atoms with E-state index in [1.165, 1.54) is 6.07 Å². The van der Waals surface area contributed by atoms with Crippen LogP contribution in [0.2, 0.25) is 0 Å². The molecule has 0 bridgehead atoms. The predicted molar refractivity (Wildman–Crippen MR) is 84.5 cm³/mol. The Morgan fingerprint density at radius 3 is 2.70 bits per heavy atom. The van der Waals surface area contributed by atoms with Crippen molar-refractivity contribution in [1.29, 1.82) is 0 Å². The lowest BCUT2D eigenvalue weighted by atomic mass is 10.2. The minimum absolute atomic E-state index is 0.378. The molecule has 116 valence electrons. The molecule has 0 atom stereocenters. The van der Waals surface area contributed by atoms with Gasteiger partial charge in [0.1, 0.15) is 24.0 Å². The quantitative estimate of drug-likeness (QED) is 0.773. The Labute approximate surface area is 133 Å². The molecule has 0 saturated heterocycles. The largest absolute Gasteiger partial charge is 0.489 e. The highest BCUT2D eigenvalue weighted by Gasteiger charge is 2.27. The van der Waals surface area contributed by atoms with Crippen LogP contribution in [0, 0.1) is 5.82 Å². The van der Waals surface area contributed by atoms with Crippen LogP contribution in [0.5, 0.6) is 5.75 Å². The monoisotopic (exact) mass is 309 g/mol. The molecule has 0 amide bonds. The highest BCUT2D eigenvalue weighted by molar-refractivity contribution is 5.57. The van der Waals surface area contributed by atoms with E-state index in [0.29, 0.717) is 29.7 Å². The number of rotatable bonds is 5. The van der Waals surface area contributed by atoms with Crippen LogP contribution in [-0.2, 0) is 6.61 Å². The zero-order valence-electron chi connectivity index (χ0n) is 12.5. The first-order valence-electron chi connectivity index (χ1n) is 7.68. The molecule has 1 aliphatic rings. The number of hydrogen-bond acceptors (Lipinski definition) is 3. The molecule has 1 fully saturated rings. The first-order valence-corrected chi connectivity index (χ1v) is 7.68. The van der Waals surface area contributed by atoms with Crippen molar-refractivity contribution >= 4 is 0 Å². The molecule has 0 unspecified atom stereocenters. The number of aromatic nitrogens is 3. The van der Waals surface area contributed by atoms with Crippen molar-refractivity contribution in [2.75, 3.05) is 0 Å². The SMILES string of the molecule is Fc1cc(OCc2ccccc2)ccc1-c1n[nH]c(C2CC2)n1. The van der Waals surface area contributed by atoms with Gasteiger partial charge >= 0.3 is 0 Å². The van der Waals surface area contributed by atoms with Crippen LogP contribution in [0.15, 0.2) is 48.5 Å². The fourth-order valence-electron chi connectivity index (χ4n) is 2.44. The Hall–Kier alpha value is -2.69. The molecule has 1 aliphatic carbocycles. The van der Waals surface area contributed by atoms with Gasteiger partial charge in [-0.2, -0.15) is 5.10 Å². The minimum atomic E-state index is -0.378. The van der Waals surface area contributed by atoms with E-state index in [-0.39, 0.29) is 5.82 Å². The second kappa shape index (κ2) is 5.83. The molecular formula is C18H16FN3O. The first kappa shape index (κ1) is 13.9. The van der Waals surface area contributed by atoms with E-state index >= 15 is 0 Å². The third-order valence-corrected chi connectivity index (χ3v) is 3.90. The number of halogens is 1. The van der Waals surface area contributed by atoms with Crippen LogP contribution < -0.4 is 4.74 Å². The van der Waals surface area contributed by atoms with Gasteiger partial charge in [-0.25, -0.2) is 9.37 Å². The summed E-state index contributed by atoms with van der Waals surface area (Å²) in [6.07, 6.45) is 2.26. The van der Waals surface area contributed by atoms with Crippen molar-refractivity contribution in [3.8, 4) is 17.1 Å². The summed E-state index contributed by atoms with van der Waals surface area (Å²) in [5.74, 6) is 1.83. The van der Waals surface area contributed by atoms with Gasteiger partial charge < -0.3 is 4.74 Å². The summed E-state index contributed by atoms with van der Waals surface area (Å²) in [5, 5.41) is 7.01. The van der Waals surface area contributed by atoms with Crippen LogP contribution in [-0.4, -0.2) is 15.2 Å². The van der Waals surface area contributed by atoms with E-state index < -0.39 is 0 Å². The van der Waals surface area contributed by atoms with Crippen molar-refractivity contribution in [2.45, 2.75) is 25.4 Å². The molecule has 0 aliphatic heterocycles. The summed E-state index contributed by atoms with van der Waals surface area (Å²) in [5.41, 5.74) is 1.43. The van der Waals surface area contributed by atoms with E-state index in [0.717, 1.165) is 24.2 Å². The number of ether oxygens (including phenoxy) is 1. The van der Waals surface area contributed by atoms with E-state index in [4.69, 9.17) is 4.74 Å². The van der Waals surface area contributed by atoms with E-state index in [2.05, 4.69) is 15.2 Å². The summed E-state index contributed by atoms with van der Waals surface area (Å²) in [6, 6.07) is 14.6. The van der Waals surface area contributed by atoms with E-state index in [1.54, 1.807) is 12.1 Å². The highest BCUT2D eigenvalue weighted by atomic mass is 19.1.